The van der Waals surface area contributed by atoms with Gasteiger partial charge in [0.1, 0.15) is 11.6 Å². The van der Waals surface area contributed by atoms with Crippen molar-refractivity contribution in [2.24, 2.45) is 0 Å². The Bertz CT molecular complexity index is 743. The lowest BCUT2D eigenvalue weighted by Crippen LogP contribution is -3.15. The van der Waals surface area contributed by atoms with Crippen LogP contribution in [0, 0.1) is 5.82 Å². The quantitative estimate of drug-likeness (QED) is 0.781. The van der Waals surface area contributed by atoms with Gasteiger partial charge < -0.3 is 19.9 Å². The molecule has 1 saturated heterocycles. The Kier molecular flexibility index (Phi) is 6.65. The molecule has 1 aliphatic heterocycles. The third kappa shape index (κ3) is 5.44. The van der Waals surface area contributed by atoms with Crippen LogP contribution in [-0.2, 0) is 4.79 Å². The first kappa shape index (κ1) is 19.2. The molecule has 0 bridgehead atoms. The summed E-state index contributed by atoms with van der Waals surface area (Å²) in [7, 11) is 0. The van der Waals surface area contributed by atoms with Crippen molar-refractivity contribution in [3.63, 3.8) is 0 Å². The Hall–Kier alpha value is -2.60. The third-order valence-electron chi connectivity index (χ3n) is 4.83. The van der Waals surface area contributed by atoms with Crippen molar-refractivity contribution in [2.75, 3.05) is 49.5 Å². The molecule has 0 unspecified atom stereocenters. The van der Waals surface area contributed by atoms with Gasteiger partial charge in [-0.1, -0.05) is 12.1 Å². The molecule has 0 aliphatic carbocycles. The lowest BCUT2D eigenvalue weighted by atomic mass is 10.2. The van der Waals surface area contributed by atoms with E-state index in [9.17, 15) is 9.18 Å². The Balaban J connectivity index is 1.43. The molecular weight excluding hydrogens is 345 g/mol. The molecule has 6 heteroatoms. The summed E-state index contributed by atoms with van der Waals surface area (Å²) in [5.41, 5.74) is 1.78. The number of amides is 1. The fraction of sp³-hybridized carbons (Fsp3) is 0.381. The number of benzene rings is 2. The number of halogens is 1. The monoisotopic (exact) mass is 372 g/mol. The van der Waals surface area contributed by atoms with Crippen LogP contribution in [-0.4, -0.2) is 45.2 Å². The molecule has 0 atom stereocenters. The highest BCUT2D eigenvalue weighted by molar-refractivity contribution is 5.92. The van der Waals surface area contributed by atoms with Crippen molar-refractivity contribution in [1.82, 2.24) is 0 Å². The predicted molar refractivity (Wildman–Crippen MR) is 105 cm³/mol. The van der Waals surface area contributed by atoms with Crippen molar-refractivity contribution >= 4 is 17.3 Å². The van der Waals surface area contributed by atoms with Crippen molar-refractivity contribution in [2.45, 2.75) is 13.3 Å². The van der Waals surface area contributed by atoms with Crippen LogP contribution in [0.15, 0.2) is 48.5 Å². The molecule has 0 aromatic heterocycles. The minimum Gasteiger partial charge on any atom is -0.492 e. The second kappa shape index (κ2) is 9.37. The molecule has 5 nitrogen and oxygen atoms in total. The van der Waals surface area contributed by atoms with Gasteiger partial charge in [-0.25, -0.2) is 4.39 Å². The van der Waals surface area contributed by atoms with E-state index in [1.54, 1.807) is 0 Å². The molecule has 1 fully saturated rings. The van der Waals surface area contributed by atoms with E-state index in [2.05, 4.69) is 10.2 Å². The maximum absolute atomic E-state index is 13.0. The Morgan fingerprint density at radius 2 is 1.85 bits per heavy atom. The van der Waals surface area contributed by atoms with Crippen molar-refractivity contribution in [3.05, 3.63) is 54.3 Å². The maximum Gasteiger partial charge on any atom is 0.230 e. The molecule has 3 rings (SSSR count). The number of para-hydroxylation sites is 2. The van der Waals surface area contributed by atoms with Gasteiger partial charge in [0, 0.05) is 5.69 Å². The fourth-order valence-electron chi connectivity index (χ4n) is 3.34. The molecule has 0 spiro atoms. The first-order valence-corrected chi connectivity index (χ1v) is 9.51. The van der Waals surface area contributed by atoms with Crippen LogP contribution in [0.2, 0.25) is 0 Å². The average molecular weight is 372 g/mol. The van der Waals surface area contributed by atoms with E-state index in [0.29, 0.717) is 18.8 Å². The summed E-state index contributed by atoms with van der Waals surface area (Å²) < 4.78 is 18.6. The van der Waals surface area contributed by atoms with Gasteiger partial charge in [-0.2, -0.15) is 0 Å². The molecule has 0 saturated carbocycles. The lowest BCUT2D eigenvalue weighted by Gasteiger charge is -2.33. The van der Waals surface area contributed by atoms with Crippen LogP contribution < -0.4 is 19.9 Å². The van der Waals surface area contributed by atoms with Gasteiger partial charge in [0.2, 0.25) is 5.91 Å². The standard InChI is InChI=1S/C21H26FN3O2/c1-2-27-20-6-4-3-5-19(20)23-21(26)11-12-24-13-15-25(16-14-24)18-9-7-17(22)8-10-18/h3-10H,2,11-16H2,1H3,(H,23,26)/p+1. The van der Waals surface area contributed by atoms with Crippen LogP contribution in [0.5, 0.6) is 5.75 Å². The highest BCUT2D eigenvalue weighted by atomic mass is 19.1. The molecule has 27 heavy (non-hydrogen) atoms. The van der Waals surface area contributed by atoms with E-state index < -0.39 is 0 Å². The van der Waals surface area contributed by atoms with Crippen LogP contribution in [0.3, 0.4) is 0 Å². The molecule has 0 radical (unpaired) electrons. The first-order chi connectivity index (χ1) is 13.2. The van der Waals surface area contributed by atoms with E-state index >= 15 is 0 Å². The topological polar surface area (TPSA) is 46.0 Å². The number of carbonyl (C=O) groups is 1. The largest absolute Gasteiger partial charge is 0.492 e. The molecule has 144 valence electrons. The third-order valence-corrected chi connectivity index (χ3v) is 4.83. The Morgan fingerprint density at radius 3 is 2.56 bits per heavy atom. The smallest absolute Gasteiger partial charge is 0.230 e. The summed E-state index contributed by atoms with van der Waals surface area (Å²) in [6, 6.07) is 14.1. The maximum atomic E-state index is 13.0. The SMILES string of the molecule is CCOc1ccccc1NC(=O)CC[NH+]1CCN(c2ccc(F)cc2)CC1. The number of hydrogen-bond donors (Lipinski definition) is 2. The van der Waals surface area contributed by atoms with Gasteiger partial charge in [-0.05, 0) is 43.3 Å². The molecule has 2 N–H and O–H groups in total. The predicted octanol–water partition coefficient (Wildman–Crippen LogP) is 1.96. The number of ether oxygens (including phenoxy) is 1. The highest BCUT2D eigenvalue weighted by Crippen LogP contribution is 2.23. The van der Waals surface area contributed by atoms with Gasteiger partial charge in [0.15, 0.2) is 0 Å². The average Bonchev–Trinajstić information content (AvgIpc) is 2.69. The van der Waals surface area contributed by atoms with Crippen molar-refractivity contribution < 1.29 is 18.8 Å². The van der Waals surface area contributed by atoms with E-state index in [1.807, 2.05) is 43.3 Å². The highest BCUT2D eigenvalue weighted by Gasteiger charge is 2.21. The van der Waals surface area contributed by atoms with Crippen molar-refractivity contribution in [1.29, 1.82) is 0 Å². The van der Waals surface area contributed by atoms with Gasteiger partial charge in [0.25, 0.3) is 0 Å². The summed E-state index contributed by atoms with van der Waals surface area (Å²) in [5, 5.41) is 2.95. The zero-order chi connectivity index (χ0) is 19.1. The van der Waals surface area contributed by atoms with Crippen LogP contribution >= 0.6 is 0 Å². The zero-order valence-corrected chi connectivity index (χ0v) is 15.7. The second-order valence-corrected chi connectivity index (χ2v) is 6.69. The summed E-state index contributed by atoms with van der Waals surface area (Å²) in [6.07, 6.45) is 0.479. The van der Waals surface area contributed by atoms with E-state index in [-0.39, 0.29) is 11.7 Å². The Labute approximate surface area is 159 Å². The number of nitrogens with zero attached hydrogens (tertiary/aromatic N) is 1. The summed E-state index contributed by atoms with van der Waals surface area (Å²) >= 11 is 0. The summed E-state index contributed by atoms with van der Waals surface area (Å²) in [6.45, 7) is 7.06. The van der Waals surface area contributed by atoms with E-state index in [0.717, 1.165) is 44.1 Å². The first-order valence-electron chi connectivity index (χ1n) is 9.51. The second-order valence-electron chi connectivity index (χ2n) is 6.69. The molecule has 2 aromatic rings. The number of anilines is 2. The van der Waals surface area contributed by atoms with Crippen LogP contribution in [0.4, 0.5) is 15.8 Å². The molecule has 2 aromatic carbocycles. The van der Waals surface area contributed by atoms with Gasteiger partial charge in [-0.15, -0.1) is 0 Å². The number of nitrogens with one attached hydrogen (secondary N) is 2. The summed E-state index contributed by atoms with van der Waals surface area (Å²) in [5.74, 6) is 0.504. The van der Waals surface area contributed by atoms with Crippen molar-refractivity contribution in [3.8, 4) is 5.75 Å². The Morgan fingerprint density at radius 1 is 1.15 bits per heavy atom. The number of hydrogen-bond acceptors (Lipinski definition) is 3. The zero-order valence-electron chi connectivity index (χ0n) is 15.7. The number of carbonyl (C=O) groups excluding carboxylic acids is 1. The minimum atomic E-state index is -0.208. The lowest BCUT2D eigenvalue weighted by molar-refractivity contribution is -0.900. The van der Waals surface area contributed by atoms with Gasteiger partial charge >= 0.3 is 0 Å². The normalized spacial score (nSPS) is 14.8. The van der Waals surface area contributed by atoms with Crippen LogP contribution in [0.1, 0.15) is 13.3 Å². The molecule has 1 amide bonds. The van der Waals surface area contributed by atoms with Gasteiger partial charge in [0.05, 0.1) is 51.4 Å². The number of piperazine rings is 1. The summed E-state index contributed by atoms with van der Waals surface area (Å²) in [4.78, 5) is 16.0. The molecule has 1 heterocycles. The number of quaternary nitrogens is 1. The van der Waals surface area contributed by atoms with Gasteiger partial charge in [-0.3, -0.25) is 4.79 Å². The minimum absolute atomic E-state index is 0.00983. The molecular formula is C21H27FN3O2+. The van der Waals surface area contributed by atoms with E-state index in [4.69, 9.17) is 4.74 Å². The van der Waals surface area contributed by atoms with Crippen LogP contribution in [0.25, 0.3) is 0 Å². The fourth-order valence-corrected chi connectivity index (χ4v) is 3.34. The number of rotatable bonds is 7. The van der Waals surface area contributed by atoms with E-state index in [1.165, 1.54) is 17.0 Å². The molecule has 1 aliphatic rings.